The van der Waals surface area contributed by atoms with Crippen LogP contribution in [0.15, 0.2) is 24.5 Å². The fraction of sp³-hybridized carbons (Fsp3) is 0.467. The number of rotatable bonds is 7. The zero-order valence-electron chi connectivity index (χ0n) is 12.0. The van der Waals surface area contributed by atoms with Gasteiger partial charge < -0.3 is 15.0 Å². The Balaban J connectivity index is 1.74. The second-order valence-corrected chi connectivity index (χ2v) is 5.19. The lowest BCUT2D eigenvalue weighted by Gasteiger charge is -2.08. The van der Waals surface area contributed by atoms with Crippen LogP contribution < -0.4 is 5.32 Å². The van der Waals surface area contributed by atoms with E-state index in [2.05, 4.69) is 29.1 Å². The quantitative estimate of drug-likeness (QED) is 0.762. The number of hydrogen-bond acceptors (Lipinski definition) is 3. The van der Waals surface area contributed by atoms with Gasteiger partial charge in [-0.05, 0) is 30.5 Å². The largest absolute Gasteiger partial charge is 0.380 e. The first-order valence-corrected chi connectivity index (χ1v) is 6.96. The third kappa shape index (κ3) is 4.06. The zero-order valence-corrected chi connectivity index (χ0v) is 12.0. The maximum Gasteiger partial charge on any atom is 0.251 e. The van der Waals surface area contributed by atoms with Crippen molar-refractivity contribution >= 4 is 16.9 Å². The second-order valence-electron chi connectivity index (χ2n) is 5.19. The van der Waals surface area contributed by atoms with Crippen molar-refractivity contribution in [1.29, 1.82) is 0 Å². The highest BCUT2D eigenvalue weighted by Gasteiger charge is 2.06. The maximum atomic E-state index is 12.0. The number of carbonyl (C=O) groups is 1. The highest BCUT2D eigenvalue weighted by atomic mass is 16.5. The molecule has 0 radical (unpaired) electrons. The SMILES string of the molecule is CC(C)CCOCCNC(=O)c1ccc2nc[nH]c2c1. The van der Waals surface area contributed by atoms with Crippen molar-refractivity contribution in [2.75, 3.05) is 19.8 Å². The molecule has 0 atom stereocenters. The first-order chi connectivity index (χ1) is 9.66. The number of nitrogens with one attached hydrogen (secondary N) is 2. The molecule has 0 saturated heterocycles. The van der Waals surface area contributed by atoms with Crippen molar-refractivity contribution in [2.45, 2.75) is 20.3 Å². The van der Waals surface area contributed by atoms with Gasteiger partial charge in [0.25, 0.3) is 5.91 Å². The molecule has 0 spiro atoms. The zero-order chi connectivity index (χ0) is 14.4. The van der Waals surface area contributed by atoms with E-state index in [0.29, 0.717) is 24.6 Å². The monoisotopic (exact) mass is 275 g/mol. The third-order valence-electron chi connectivity index (χ3n) is 3.05. The minimum Gasteiger partial charge on any atom is -0.380 e. The number of hydrogen-bond donors (Lipinski definition) is 2. The van der Waals surface area contributed by atoms with Crippen molar-refractivity contribution in [2.24, 2.45) is 5.92 Å². The van der Waals surface area contributed by atoms with Gasteiger partial charge in [0, 0.05) is 18.7 Å². The van der Waals surface area contributed by atoms with E-state index >= 15 is 0 Å². The molecule has 0 aliphatic heterocycles. The number of fused-ring (bicyclic) bond motifs is 1. The summed E-state index contributed by atoms with van der Waals surface area (Å²) in [6, 6.07) is 5.41. The number of imidazole rings is 1. The second kappa shape index (κ2) is 7.05. The highest BCUT2D eigenvalue weighted by molar-refractivity contribution is 5.97. The molecule has 2 aromatic rings. The number of aromatic amines is 1. The molecule has 0 unspecified atom stereocenters. The van der Waals surface area contributed by atoms with Gasteiger partial charge in [-0.25, -0.2) is 4.98 Å². The van der Waals surface area contributed by atoms with Gasteiger partial charge in [0.1, 0.15) is 0 Å². The first-order valence-electron chi connectivity index (χ1n) is 6.96. The third-order valence-corrected chi connectivity index (χ3v) is 3.05. The van der Waals surface area contributed by atoms with Gasteiger partial charge >= 0.3 is 0 Å². The Kier molecular flexibility index (Phi) is 5.12. The standard InChI is InChI=1S/C15H21N3O2/c1-11(2)5-7-20-8-6-16-15(19)12-3-4-13-14(9-12)18-10-17-13/h3-4,9-11H,5-8H2,1-2H3,(H,16,19)(H,17,18). The maximum absolute atomic E-state index is 12.0. The number of ether oxygens (including phenoxy) is 1. The molecule has 0 aliphatic carbocycles. The summed E-state index contributed by atoms with van der Waals surface area (Å²) in [5.41, 5.74) is 2.35. The predicted molar refractivity (Wildman–Crippen MR) is 78.7 cm³/mol. The Bertz CT molecular complexity index is 563. The molecule has 1 heterocycles. The molecule has 0 bridgehead atoms. The number of amides is 1. The van der Waals surface area contributed by atoms with Crippen LogP contribution in [0.1, 0.15) is 30.6 Å². The van der Waals surface area contributed by atoms with E-state index in [-0.39, 0.29) is 5.91 Å². The summed E-state index contributed by atoms with van der Waals surface area (Å²) in [5, 5.41) is 2.85. The minimum atomic E-state index is -0.0889. The van der Waals surface area contributed by atoms with Gasteiger partial charge in [0.2, 0.25) is 0 Å². The van der Waals surface area contributed by atoms with Crippen LogP contribution in [0.3, 0.4) is 0 Å². The number of nitrogens with zero attached hydrogens (tertiary/aromatic N) is 1. The Hall–Kier alpha value is -1.88. The molecule has 1 aromatic carbocycles. The van der Waals surface area contributed by atoms with Gasteiger partial charge in [0.05, 0.1) is 24.0 Å². The highest BCUT2D eigenvalue weighted by Crippen LogP contribution is 2.11. The van der Waals surface area contributed by atoms with E-state index in [1.54, 1.807) is 18.5 Å². The summed E-state index contributed by atoms with van der Waals surface area (Å²) in [5.74, 6) is 0.555. The van der Waals surface area contributed by atoms with Crippen LogP contribution in [-0.2, 0) is 4.74 Å². The normalized spacial score (nSPS) is 11.2. The summed E-state index contributed by atoms with van der Waals surface area (Å²) in [6.45, 7) is 6.14. The molecule has 2 N–H and O–H groups in total. The molecular weight excluding hydrogens is 254 g/mol. The Morgan fingerprint density at radius 3 is 3.05 bits per heavy atom. The summed E-state index contributed by atoms with van der Waals surface area (Å²) in [4.78, 5) is 19.1. The Morgan fingerprint density at radius 2 is 2.25 bits per heavy atom. The van der Waals surface area contributed by atoms with Crippen LogP contribution >= 0.6 is 0 Å². The van der Waals surface area contributed by atoms with E-state index in [0.717, 1.165) is 24.1 Å². The van der Waals surface area contributed by atoms with Crippen LogP contribution in [0, 0.1) is 5.92 Å². The lowest BCUT2D eigenvalue weighted by Crippen LogP contribution is -2.27. The summed E-state index contributed by atoms with van der Waals surface area (Å²) in [6.07, 6.45) is 2.67. The van der Waals surface area contributed by atoms with E-state index < -0.39 is 0 Å². The molecular formula is C15H21N3O2. The van der Waals surface area contributed by atoms with E-state index in [1.807, 2.05) is 6.07 Å². The molecule has 1 aromatic heterocycles. The number of aromatic nitrogens is 2. The van der Waals surface area contributed by atoms with Crippen LogP contribution in [0.25, 0.3) is 11.0 Å². The lowest BCUT2D eigenvalue weighted by atomic mass is 10.1. The molecule has 0 aliphatic rings. The van der Waals surface area contributed by atoms with E-state index in [1.165, 1.54) is 0 Å². The molecule has 5 nitrogen and oxygen atoms in total. The van der Waals surface area contributed by atoms with Crippen LogP contribution in [0.4, 0.5) is 0 Å². The molecule has 20 heavy (non-hydrogen) atoms. The predicted octanol–water partition coefficient (Wildman–Crippen LogP) is 2.36. The fourth-order valence-electron chi connectivity index (χ4n) is 1.84. The average Bonchev–Trinajstić information content (AvgIpc) is 2.89. The van der Waals surface area contributed by atoms with Crippen molar-refractivity contribution in [3.05, 3.63) is 30.1 Å². The van der Waals surface area contributed by atoms with Gasteiger partial charge in [-0.15, -0.1) is 0 Å². The first kappa shape index (κ1) is 14.5. The molecule has 5 heteroatoms. The number of carbonyl (C=O) groups excluding carboxylic acids is 1. The van der Waals surface area contributed by atoms with E-state index in [4.69, 9.17) is 4.74 Å². The van der Waals surface area contributed by atoms with Gasteiger partial charge in [-0.2, -0.15) is 0 Å². The smallest absolute Gasteiger partial charge is 0.251 e. The minimum absolute atomic E-state index is 0.0889. The van der Waals surface area contributed by atoms with Crippen molar-refractivity contribution in [3.63, 3.8) is 0 Å². The van der Waals surface area contributed by atoms with Crippen LogP contribution in [-0.4, -0.2) is 35.6 Å². The van der Waals surface area contributed by atoms with Gasteiger partial charge in [0.15, 0.2) is 0 Å². The Labute approximate surface area is 118 Å². The van der Waals surface area contributed by atoms with Crippen molar-refractivity contribution in [1.82, 2.24) is 15.3 Å². The fourth-order valence-corrected chi connectivity index (χ4v) is 1.84. The molecule has 1 amide bonds. The molecule has 0 saturated carbocycles. The molecule has 2 rings (SSSR count). The van der Waals surface area contributed by atoms with Crippen LogP contribution in [0.5, 0.6) is 0 Å². The van der Waals surface area contributed by atoms with E-state index in [9.17, 15) is 4.79 Å². The molecule has 108 valence electrons. The van der Waals surface area contributed by atoms with Crippen molar-refractivity contribution in [3.8, 4) is 0 Å². The molecule has 0 fully saturated rings. The van der Waals surface area contributed by atoms with Gasteiger partial charge in [-0.3, -0.25) is 4.79 Å². The number of H-pyrrole nitrogens is 1. The Morgan fingerprint density at radius 1 is 1.40 bits per heavy atom. The summed E-state index contributed by atoms with van der Waals surface area (Å²) < 4.78 is 5.46. The summed E-state index contributed by atoms with van der Waals surface area (Å²) >= 11 is 0. The summed E-state index contributed by atoms with van der Waals surface area (Å²) in [7, 11) is 0. The van der Waals surface area contributed by atoms with Crippen molar-refractivity contribution < 1.29 is 9.53 Å². The topological polar surface area (TPSA) is 67.0 Å². The number of benzene rings is 1. The van der Waals surface area contributed by atoms with Gasteiger partial charge in [-0.1, -0.05) is 13.8 Å². The average molecular weight is 275 g/mol. The van der Waals surface area contributed by atoms with Crippen LogP contribution in [0.2, 0.25) is 0 Å². The lowest BCUT2D eigenvalue weighted by molar-refractivity contribution is 0.0906.